The molecule has 8 heteroatoms. The van der Waals surface area contributed by atoms with Gasteiger partial charge in [0.05, 0.1) is 21.8 Å². The number of carbonyl (C=O) groups is 1. The van der Waals surface area contributed by atoms with Crippen LogP contribution in [-0.2, 0) is 17.9 Å². The molecule has 124 valence electrons. The number of halogens is 2. The van der Waals surface area contributed by atoms with E-state index in [9.17, 15) is 9.59 Å². The number of aromatic nitrogens is 2. The molecule has 1 aromatic carbocycles. The molecular formula is C16H13Cl2N3O2S. The molecular weight excluding hydrogens is 369 g/mol. The van der Waals surface area contributed by atoms with Gasteiger partial charge >= 0.3 is 0 Å². The second-order valence-electron chi connectivity index (χ2n) is 5.28. The number of hydrogen-bond acceptors (Lipinski definition) is 4. The van der Waals surface area contributed by atoms with Crippen molar-refractivity contribution in [2.24, 2.45) is 0 Å². The van der Waals surface area contributed by atoms with E-state index in [0.29, 0.717) is 26.8 Å². The zero-order chi connectivity index (χ0) is 17.3. The van der Waals surface area contributed by atoms with E-state index in [1.54, 1.807) is 30.6 Å². The van der Waals surface area contributed by atoms with Gasteiger partial charge in [0.2, 0.25) is 5.91 Å². The molecule has 0 unspecified atom stereocenters. The molecule has 0 fully saturated rings. The van der Waals surface area contributed by atoms with Crippen LogP contribution in [-0.4, -0.2) is 27.4 Å². The van der Waals surface area contributed by atoms with Gasteiger partial charge in [-0.2, -0.15) is 0 Å². The van der Waals surface area contributed by atoms with Gasteiger partial charge in [-0.3, -0.25) is 14.2 Å². The van der Waals surface area contributed by atoms with E-state index in [0.717, 1.165) is 5.56 Å². The highest BCUT2D eigenvalue weighted by Gasteiger charge is 2.14. The molecule has 5 nitrogen and oxygen atoms in total. The molecule has 0 saturated heterocycles. The fourth-order valence-electron chi connectivity index (χ4n) is 2.29. The third kappa shape index (κ3) is 3.31. The number of thiophene rings is 1. The minimum Gasteiger partial charge on any atom is -0.340 e. The maximum Gasteiger partial charge on any atom is 0.262 e. The second-order valence-corrected chi connectivity index (χ2v) is 6.96. The lowest BCUT2D eigenvalue weighted by molar-refractivity contribution is -0.131. The number of carbonyl (C=O) groups excluding carboxylic acids is 1. The van der Waals surface area contributed by atoms with Gasteiger partial charge in [-0.05, 0) is 23.1 Å². The molecule has 0 aliphatic carbocycles. The lowest BCUT2D eigenvalue weighted by Crippen LogP contribution is -2.33. The first-order valence-corrected chi connectivity index (χ1v) is 8.70. The van der Waals surface area contributed by atoms with Crippen LogP contribution in [0, 0.1) is 0 Å². The normalized spacial score (nSPS) is 11.0. The molecule has 3 rings (SSSR count). The highest BCUT2D eigenvalue weighted by atomic mass is 35.5. The standard InChI is InChI=1S/C16H13Cl2N3O2S/c1-20(7-10-3-2-4-12(17)14(10)18)13(22)8-21-9-19-15-11(16(21)23)5-6-24-15/h2-6,9H,7-8H2,1H3. The Bertz CT molecular complexity index is 967. The van der Waals surface area contributed by atoms with Crippen molar-refractivity contribution in [1.82, 2.24) is 14.5 Å². The number of rotatable bonds is 4. The van der Waals surface area contributed by atoms with E-state index in [1.807, 2.05) is 6.07 Å². The Morgan fingerprint density at radius 1 is 1.33 bits per heavy atom. The van der Waals surface area contributed by atoms with E-state index in [-0.39, 0.29) is 18.0 Å². The van der Waals surface area contributed by atoms with Gasteiger partial charge < -0.3 is 4.90 Å². The number of fused-ring (bicyclic) bond motifs is 1. The largest absolute Gasteiger partial charge is 0.340 e. The zero-order valence-corrected chi connectivity index (χ0v) is 15.0. The van der Waals surface area contributed by atoms with Crippen LogP contribution in [0.25, 0.3) is 10.2 Å². The molecule has 0 radical (unpaired) electrons. The third-order valence-corrected chi connectivity index (χ3v) is 5.30. The van der Waals surface area contributed by atoms with Gasteiger partial charge in [-0.15, -0.1) is 11.3 Å². The van der Waals surface area contributed by atoms with E-state index in [2.05, 4.69) is 4.98 Å². The first kappa shape index (κ1) is 17.0. The Morgan fingerprint density at radius 3 is 2.92 bits per heavy atom. The maximum absolute atomic E-state index is 12.4. The summed E-state index contributed by atoms with van der Waals surface area (Å²) in [6.45, 7) is 0.230. The molecule has 0 aliphatic rings. The summed E-state index contributed by atoms with van der Waals surface area (Å²) in [5, 5.41) is 3.20. The van der Waals surface area contributed by atoms with Crippen LogP contribution in [0.4, 0.5) is 0 Å². The van der Waals surface area contributed by atoms with Crippen LogP contribution >= 0.6 is 34.5 Å². The number of hydrogen-bond donors (Lipinski definition) is 0. The smallest absolute Gasteiger partial charge is 0.262 e. The summed E-state index contributed by atoms with van der Waals surface area (Å²) in [5.41, 5.74) is 0.530. The summed E-state index contributed by atoms with van der Waals surface area (Å²) in [5.74, 6) is -0.218. The molecule has 0 aliphatic heterocycles. The van der Waals surface area contributed by atoms with Crippen molar-refractivity contribution >= 4 is 50.7 Å². The van der Waals surface area contributed by atoms with Crippen molar-refractivity contribution in [1.29, 1.82) is 0 Å². The lowest BCUT2D eigenvalue weighted by atomic mass is 10.2. The summed E-state index contributed by atoms with van der Waals surface area (Å²) in [6.07, 6.45) is 1.40. The Kier molecular flexibility index (Phi) is 4.89. The molecule has 2 aromatic heterocycles. The molecule has 0 atom stereocenters. The van der Waals surface area contributed by atoms with Gasteiger partial charge in [0.1, 0.15) is 11.4 Å². The molecule has 2 heterocycles. The lowest BCUT2D eigenvalue weighted by Gasteiger charge is -2.19. The molecule has 3 aromatic rings. The molecule has 24 heavy (non-hydrogen) atoms. The Balaban J connectivity index is 1.77. The highest BCUT2D eigenvalue weighted by Crippen LogP contribution is 2.26. The third-order valence-electron chi connectivity index (χ3n) is 3.62. The summed E-state index contributed by atoms with van der Waals surface area (Å²) in [4.78, 5) is 31.1. The Labute approximate surface area is 152 Å². The summed E-state index contributed by atoms with van der Waals surface area (Å²) >= 11 is 13.5. The van der Waals surface area contributed by atoms with Crippen molar-refractivity contribution in [3.05, 3.63) is 61.9 Å². The van der Waals surface area contributed by atoms with Crippen molar-refractivity contribution in [2.45, 2.75) is 13.1 Å². The van der Waals surface area contributed by atoms with Crippen LogP contribution in [0.3, 0.4) is 0 Å². The first-order chi connectivity index (χ1) is 11.5. The average molecular weight is 382 g/mol. The van der Waals surface area contributed by atoms with E-state index in [1.165, 1.54) is 27.1 Å². The van der Waals surface area contributed by atoms with Gasteiger partial charge in [-0.25, -0.2) is 4.98 Å². The monoisotopic (exact) mass is 381 g/mol. The van der Waals surface area contributed by atoms with Crippen molar-refractivity contribution in [3.8, 4) is 0 Å². The topological polar surface area (TPSA) is 55.2 Å². The number of benzene rings is 1. The van der Waals surface area contributed by atoms with Gasteiger partial charge in [0.15, 0.2) is 0 Å². The van der Waals surface area contributed by atoms with E-state index < -0.39 is 0 Å². The summed E-state index contributed by atoms with van der Waals surface area (Å²) < 4.78 is 1.31. The van der Waals surface area contributed by atoms with E-state index >= 15 is 0 Å². The van der Waals surface area contributed by atoms with Crippen LogP contribution in [0.1, 0.15) is 5.56 Å². The highest BCUT2D eigenvalue weighted by molar-refractivity contribution is 7.16. The Hall–Kier alpha value is -1.89. The number of amides is 1. The predicted octanol–water partition coefficient (Wildman–Crippen LogP) is 3.42. The predicted molar refractivity (Wildman–Crippen MR) is 96.8 cm³/mol. The van der Waals surface area contributed by atoms with Crippen molar-refractivity contribution in [3.63, 3.8) is 0 Å². The van der Waals surface area contributed by atoms with Crippen LogP contribution in [0.15, 0.2) is 40.8 Å². The van der Waals surface area contributed by atoms with E-state index in [4.69, 9.17) is 23.2 Å². The minimum absolute atomic E-state index is 0.0771. The molecule has 0 saturated carbocycles. The summed E-state index contributed by atoms with van der Waals surface area (Å²) in [7, 11) is 1.65. The SMILES string of the molecule is CN(Cc1cccc(Cl)c1Cl)C(=O)Cn1cnc2sccc2c1=O. The molecule has 0 N–H and O–H groups in total. The summed E-state index contributed by atoms with van der Waals surface area (Å²) in [6, 6.07) is 6.99. The van der Waals surface area contributed by atoms with Crippen LogP contribution < -0.4 is 5.56 Å². The molecule has 1 amide bonds. The van der Waals surface area contributed by atoms with Gasteiger partial charge in [0.25, 0.3) is 5.56 Å². The number of likely N-dealkylation sites (N-methyl/N-ethyl adjacent to an activating group) is 1. The Morgan fingerprint density at radius 2 is 2.12 bits per heavy atom. The van der Waals surface area contributed by atoms with Crippen molar-refractivity contribution in [2.75, 3.05) is 7.05 Å². The maximum atomic E-state index is 12.4. The van der Waals surface area contributed by atoms with Gasteiger partial charge in [0, 0.05) is 13.6 Å². The fraction of sp³-hybridized carbons (Fsp3) is 0.188. The van der Waals surface area contributed by atoms with Crippen LogP contribution in [0.2, 0.25) is 10.0 Å². The van der Waals surface area contributed by atoms with Crippen molar-refractivity contribution < 1.29 is 4.79 Å². The average Bonchev–Trinajstić information content (AvgIpc) is 3.03. The second kappa shape index (κ2) is 6.93. The molecule has 0 spiro atoms. The minimum atomic E-state index is -0.219. The zero-order valence-electron chi connectivity index (χ0n) is 12.7. The fourth-order valence-corrected chi connectivity index (χ4v) is 3.39. The number of nitrogens with zero attached hydrogens (tertiary/aromatic N) is 3. The quantitative estimate of drug-likeness (QED) is 0.695. The van der Waals surface area contributed by atoms with Gasteiger partial charge in [-0.1, -0.05) is 35.3 Å². The van der Waals surface area contributed by atoms with Crippen LogP contribution in [0.5, 0.6) is 0 Å². The molecule has 0 bridgehead atoms. The first-order valence-electron chi connectivity index (χ1n) is 7.07.